The molecule has 4 aromatic rings. The smallest absolute Gasteiger partial charge is 0.330 e. The zero-order valence-corrected chi connectivity index (χ0v) is 18.3. The largest absolute Gasteiger partial charge is 0.378 e. The molecule has 7 heteroatoms. The molecule has 0 spiro atoms. The predicted octanol–water partition coefficient (Wildman–Crippen LogP) is 3.52. The van der Waals surface area contributed by atoms with E-state index in [0.717, 1.165) is 31.7 Å². The number of fused-ring (bicyclic) bond motifs is 1. The van der Waals surface area contributed by atoms with Crippen LogP contribution in [0.2, 0.25) is 0 Å². The van der Waals surface area contributed by atoms with Crippen molar-refractivity contribution >= 4 is 32.5 Å². The standard InChI is InChI=1S/C22H21BrN4O2/c1-24(2)16-9-11-17(12-10-16)27-13-18-19(21(28)26(4)22(29)25(18)3)20(27)14-5-7-15(23)8-6-14/h5-13H,1-4H3. The Balaban J connectivity index is 2.11. The minimum Gasteiger partial charge on any atom is -0.378 e. The van der Waals surface area contributed by atoms with Crippen LogP contribution in [0.4, 0.5) is 5.69 Å². The Morgan fingerprint density at radius 1 is 0.862 bits per heavy atom. The van der Waals surface area contributed by atoms with Gasteiger partial charge in [-0.2, -0.15) is 0 Å². The fraction of sp³-hybridized carbons (Fsp3) is 0.182. The van der Waals surface area contributed by atoms with Crippen LogP contribution in [0.1, 0.15) is 0 Å². The highest BCUT2D eigenvalue weighted by Gasteiger charge is 2.20. The topological polar surface area (TPSA) is 52.2 Å². The number of halogens is 1. The van der Waals surface area contributed by atoms with Crippen LogP contribution < -0.4 is 16.1 Å². The van der Waals surface area contributed by atoms with Gasteiger partial charge in [-0.05, 0) is 42.0 Å². The van der Waals surface area contributed by atoms with Crippen LogP contribution in [0.3, 0.4) is 0 Å². The molecule has 0 unspecified atom stereocenters. The van der Waals surface area contributed by atoms with Crippen LogP contribution in [0.25, 0.3) is 27.8 Å². The third kappa shape index (κ3) is 3.11. The molecule has 4 rings (SSSR count). The number of hydrogen-bond acceptors (Lipinski definition) is 3. The molecule has 0 saturated carbocycles. The van der Waals surface area contributed by atoms with E-state index >= 15 is 0 Å². The minimum absolute atomic E-state index is 0.301. The molecule has 0 aliphatic carbocycles. The Morgan fingerprint density at radius 3 is 2.07 bits per heavy atom. The molecule has 0 radical (unpaired) electrons. The molecule has 0 bridgehead atoms. The van der Waals surface area contributed by atoms with Crippen LogP contribution in [-0.2, 0) is 14.1 Å². The molecule has 0 N–H and O–H groups in total. The molecule has 29 heavy (non-hydrogen) atoms. The summed E-state index contributed by atoms with van der Waals surface area (Å²) in [5, 5.41) is 0.522. The summed E-state index contributed by atoms with van der Waals surface area (Å²) in [6, 6.07) is 15.9. The molecule has 6 nitrogen and oxygen atoms in total. The quantitative estimate of drug-likeness (QED) is 0.477. The van der Waals surface area contributed by atoms with Crippen LogP contribution >= 0.6 is 15.9 Å². The van der Waals surface area contributed by atoms with Gasteiger partial charge < -0.3 is 9.47 Å². The van der Waals surface area contributed by atoms with Gasteiger partial charge in [0.2, 0.25) is 0 Å². The Hall–Kier alpha value is -3.06. The van der Waals surface area contributed by atoms with E-state index in [1.807, 2.05) is 78.3 Å². The number of nitrogens with zero attached hydrogens (tertiary/aromatic N) is 4. The second-order valence-corrected chi connectivity index (χ2v) is 8.15. The van der Waals surface area contributed by atoms with Crippen molar-refractivity contribution in [1.82, 2.24) is 13.7 Å². The number of hydrogen-bond donors (Lipinski definition) is 0. The third-order valence-corrected chi connectivity index (χ3v) is 5.73. The maximum absolute atomic E-state index is 13.1. The number of benzene rings is 2. The van der Waals surface area contributed by atoms with E-state index < -0.39 is 0 Å². The zero-order chi connectivity index (χ0) is 20.9. The number of rotatable bonds is 3. The van der Waals surface area contributed by atoms with Crippen molar-refractivity contribution in [2.75, 3.05) is 19.0 Å². The van der Waals surface area contributed by atoms with Gasteiger partial charge in [0.1, 0.15) is 0 Å². The van der Waals surface area contributed by atoms with Gasteiger partial charge in [0.15, 0.2) is 0 Å². The average molecular weight is 453 g/mol. The van der Waals surface area contributed by atoms with E-state index in [4.69, 9.17) is 0 Å². The fourth-order valence-electron chi connectivity index (χ4n) is 3.55. The van der Waals surface area contributed by atoms with Gasteiger partial charge in [-0.15, -0.1) is 0 Å². The summed E-state index contributed by atoms with van der Waals surface area (Å²) in [4.78, 5) is 27.6. The van der Waals surface area contributed by atoms with Crippen molar-refractivity contribution in [3.05, 3.63) is 80.0 Å². The monoisotopic (exact) mass is 452 g/mol. The van der Waals surface area contributed by atoms with Crippen molar-refractivity contribution in [3.8, 4) is 16.9 Å². The van der Waals surface area contributed by atoms with Crippen molar-refractivity contribution in [3.63, 3.8) is 0 Å². The highest BCUT2D eigenvalue weighted by molar-refractivity contribution is 9.10. The molecule has 0 saturated heterocycles. The average Bonchev–Trinajstić information content (AvgIpc) is 3.12. The van der Waals surface area contributed by atoms with Gasteiger partial charge in [-0.3, -0.25) is 13.9 Å². The van der Waals surface area contributed by atoms with Crippen molar-refractivity contribution in [2.45, 2.75) is 0 Å². The maximum Gasteiger partial charge on any atom is 0.330 e. The van der Waals surface area contributed by atoms with Gasteiger partial charge in [0, 0.05) is 50.2 Å². The van der Waals surface area contributed by atoms with Gasteiger partial charge in [0.05, 0.1) is 16.6 Å². The molecular weight excluding hydrogens is 432 g/mol. The van der Waals surface area contributed by atoms with E-state index in [2.05, 4.69) is 15.9 Å². The molecular formula is C22H21BrN4O2. The highest BCUT2D eigenvalue weighted by Crippen LogP contribution is 2.32. The zero-order valence-electron chi connectivity index (χ0n) is 16.7. The molecule has 2 aromatic carbocycles. The summed E-state index contributed by atoms with van der Waals surface area (Å²) < 4.78 is 5.61. The fourth-order valence-corrected chi connectivity index (χ4v) is 3.81. The second kappa shape index (κ2) is 7.08. The van der Waals surface area contributed by atoms with Crippen LogP contribution in [0.15, 0.2) is 68.8 Å². The second-order valence-electron chi connectivity index (χ2n) is 7.23. The number of aromatic nitrogens is 3. The number of aryl methyl sites for hydroxylation is 1. The van der Waals surface area contributed by atoms with Gasteiger partial charge in [0.25, 0.3) is 5.56 Å². The van der Waals surface area contributed by atoms with Crippen molar-refractivity contribution in [2.24, 2.45) is 14.1 Å². The van der Waals surface area contributed by atoms with Crippen LogP contribution in [0.5, 0.6) is 0 Å². The van der Waals surface area contributed by atoms with E-state index in [-0.39, 0.29) is 11.2 Å². The third-order valence-electron chi connectivity index (χ3n) is 5.20. The molecule has 0 aliphatic heterocycles. The lowest BCUT2D eigenvalue weighted by Crippen LogP contribution is -2.36. The lowest BCUT2D eigenvalue weighted by Gasteiger charge is -2.14. The van der Waals surface area contributed by atoms with Gasteiger partial charge >= 0.3 is 5.69 Å². The summed E-state index contributed by atoms with van der Waals surface area (Å²) in [7, 11) is 7.19. The first kappa shape index (κ1) is 19.3. The Bertz CT molecular complexity index is 1330. The van der Waals surface area contributed by atoms with E-state index in [1.165, 1.54) is 11.6 Å². The van der Waals surface area contributed by atoms with E-state index in [0.29, 0.717) is 10.9 Å². The normalized spacial score (nSPS) is 11.2. The first-order valence-corrected chi connectivity index (χ1v) is 9.93. The van der Waals surface area contributed by atoms with Gasteiger partial charge in [-0.1, -0.05) is 28.1 Å². The number of anilines is 1. The van der Waals surface area contributed by atoms with Gasteiger partial charge in [-0.25, -0.2) is 4.79 Å². The Labute approximate surface area is 176 Å². The van der Waals surface area contributed by atoms with Crippen LogP contribution in [0, 0.1) is 0 Å². The first-order valence-electron chi connectivity index (χ1n) is 9.14. The lowest BCUT2D eigenvalue weighted by atomic mass is 10.1. The minimum atomic E-state index is -0.343. The molecule has 0 amide bonds. The summed E-state index contributed by atoms with van der Waals surface area (Å²) in [5.41, 5.74) is 3.62. The predicted molar refractivity (Wildman–Crippen MR) is 121 cm³/mol. The van der Waals surface area contributed by atoms with E-state index in [1.54, 1.807) is 7.05 Å². The maximum atomic E-state index is 13.1. The molecule has 2 heterocycles. The first-order chi connectivity index (χ1) is 13.8. The molecule has 148 valence electrons. The lowest BCUT2D eigenvalue weighted by molar-refractivity contribution is 0.714. The Morgan fingerprint density at radius 2 is 1.48 bits per heavy atom. The SMILES string of the molecule is CN(C)c1ccc(-n2cc3c(c2-c2ccc(Br)cc2)c(=O)n(C)c(=O)n3C)cc1. The summed E-state index contributed by atoms with van der Waals surface area (Å²) in [6.07, 6.45) is 1.86. The summed E-state index contributed by atoms with van der Waals surface area (Å²) in [6.45, 7) is 0. The van der Waals surface area contributed by atoms with Crippen LogP contribution in [-0.4, -0.2) is 27.8 Å². The molecule has 0 atom stereocenters. The van der Waals surface area contributed by atoms with Crippen molar-refractivity contribution in [1.29, 1.82) is 0 Å². The molecule has 0 fully saturated rings. The highest BCUT2D eigenvalue weighted by atomic mass is 79.9. The molecule has 0 aliphatic rings. The molecule has 2 aromatic heterocycles. The Kier molecular flexibility index (Phi) is 4.70. The van der Waals surface area contributed by atoms with E-state index in [9.17, 15) is 9.59 Å². The summed E-state index contributed by atoms with van der Waals surface area (Å²) >= 11 is 3.47. The summed E-state index contributed by atoms with van der Waals surface area (Å²) in [5.74, 6) is 0. The van der Waals surface area contributed by atoms with Crippen molar-refractivity contribution < 1.29 is 0 Å².